The molecule has 0 aliphatic heterocycles. The number of hydrogen-bond donors (Lipinski definition) is 2. The van der Waals surface area contributed by atoms with E-state index in [2.05, 4.69) is 10.3 Å². The lowest BCUT2D eigenvalue weighted by molar-refractivity contribution is -0.137. The maximum Gasteiger partial charge on any atom is 0.417 e. The molecule has 0 unspecified atom stereocenters. The average molecular weight is 561 g/mol. The van der Waals surface area contributed by atoms with Crippen LogP contribution in [0, 0.1) is 23.4 Å². The summed E-state index contributed by atoms with van der Waals surface area (Å²) in [7, 11) is 0. The van der Waals surface area contributed by atoms with Crippen molar-refractivity contribution in [1.82, 2.24) is 15.3 Å². The number of rotatable bonds is 8. The molecular formula is C25H19F8N3O3. The van der Waals surface area contributed by atoms with E-state index in [1.54, 1.807) is 0 Å². The highest BCUT2D eigenvalue weighted by atomic mass is 19.4. The Bertz CT molecular complexity index is 1440. The van der Waals surface area contributed by atoms with Crippen LogP contribution in [0.1, 0.15) is 41.7 Å². The molecule has 0 atom stereocenters. The standard InChI is InChI=1S/C25H19F8N3O3/c26-16-3-1-2-12(20(16)27)10-39-14-6-13(7-14)24(38)34-9-11-4-5-15(25(31,32)33)19(21(11)28)23-35-17(22(29)30)8-18(37)36-23/h1-5,8,13-14,22H,6-7,9-10H2,(H,34,38)(H,35,36,37)/t13-,14-. The first kappa shape index (κ1) is 28.2. The molecule has 14 heteroatoms. The van der Waals surface area contributed by atoms with Crippen molar-refractivity contribution in [2.75, 3.05) is 0 Å². The molecule has 39 heavy (non-hydrogen) atoms. The van der Waals surface area contributed by atoms with Gasteiger partial charge in [-0.3, -0.25) is 9.59 Å². The monoisotopic (exact) mass is 561 g/mol. The van der Waals surface area contributed by atoms with Gasteiger partial charge in [-0.1, -0.05) is 18.2 Å². The fourth-order valence-corrected chi connectivity index (χ4v) is 4.04. The third-order valence-corrected chi connectivity index (χ3v) is 6.17. The zero-order valence-corrected chi connectivity index (χ0v) is 19.7. The van der Waals surface area contributed by atoms with E-state index in [-0.39, 0.29) is 25.0 Å². The Morgan fingerprint density at radius 1 is 1.08 bits per heavy atom. The Hall–Kier alpha value is -3.81. The Morgan fingerprint density at radius 3 is 2.46 bits per heavy atom. The molecule has 1 saturated carbocycles. The molecule has 1 aliphatic carbocycles. The van der Waals surface area contributed by atoms with Crippen LogP contribution < -0.4 is 10.9 Å². The molecule has 0 bridgehead atoms. The first-order valence-corrected chi connectivity index (χ1v) is 11.5. The van der Waals surface area contributed by atoms with Crippen LogP contribution in [0.15, 0.2) is 41.2 Å². The highest BCUT2D eigenvalue weighted by Gasteiger charge is 2.38. The van der Waals surface area contributed by atoms with E-state index in [4.69, 9.17) is 4.74 Å². The predicted molar refractivity (Wildman–Crippen MR) is 120 cm³/mol. The second kappa shape index (κ2) is 11.1. The second-order valence-electron chi connectivity index (χ2n) is 8.81. The molecule has 2 N–H and O–H groups in total. The number of alkyl halides is 5. The number of ether oxygens (including phenoxy) is 1. The van der Waals surface area contributed by atoms with E-state index < -0.39 is 88.3 Å². The van der Waals surface area contributed by atoms with Crippen molar-refractivity contribution in [2.45, 2.75) is 44.7 Å². The highest BCUT2D eigenvalue weighted by Crippen LogP contribution is 2.39. The van der Waals surface area contributed by atoms with E-state index in [0.717, 1.165) is 12.1 Å². The number of aromatic amines is 1. The van der Waals surface area contributed by atoms with Gasteiger partial charge in [0.05, 0.1) is 23.8 Å². The lowest BCUT2D eigenvalue weighted by Gasteiger charge is -2.34. The fourth-order valence-electron chi connectivity index (χ4n) is 4.04. The van der Waals surface area contributed by atoms with Crippen molar-refractivity contribution in [1.29, 1.82) is 0 Å². The molecule has 1 fully saturated rings. The number of halogens is 8. The van der Waals surface area contributed by atoms with Crippen LogP contribution in [0.2, 0.25) is 0 Å². The fraction of sp³-hybridized carbons (Fsp3) is 0.320. The number of amides is 1. The van der Waals surface area contributed by atoms with Crippen LogP contribution in [0.4, 0.5) is 35.1 Å². The van der Waals surface area contributed by atoms with E-state index in [1.165, 1.54) is 12.1 Å². The lowest BCUT2D eigenvalue weighted by atomic mass is 9.81. The molecule has 1 amide bonds. The lowest BCUT2D eigenvalue weighted by Crippen LogP contribution is -2.42. The maximum absolute atomic E-state index is 15.3. The normalized spacial score (nSPS) is 17.3. The van der Waals surface area contributed by atoms with Gasteiger partial charge in [-0.25, -0.2) is 26.9 Å². The third-order valence-electron chi connectivity index (χ3n) is 6.17. The number of carbonyl (C=O) groups is 1. The molecule has 0 saturated heterocycles. The summed E-state index contributed by atoms with van der Waals surface area (Å²) in [4.78, 5) is 29.3. The SMILES string of the molecule is O=c1cc(C(F)F)nc(-c2c(C(F)(F)F)ccc(CNC(=O)[C@H]3C[C@H](OCc4cccc(F)c4F)C3)c2F)[nH]1. The van der Waals surface area contributed by atoms with Crippen molar-refractivity contribution < 1.29 is 44.7 Å². The summed E-state index contributed by atoms with van der Waals surface area (Å²) in [6.07, 6.45) is -8.41. The largest absolute Gasteiger partial charge is 0.417 e. The van der Waals surface area contributed by atoms with Gasteiger partial charge in [0.15, 0.2) is 11.6 Å². The third kappa shape index (κ3) is 6.27. The van der Waals surface area contributed by atoms with Crippen molar-refractivity contribution in [3.8, 4) is 11.4 Å². The van der Waals surface area contributed by atoms with Gasteiger partial charge < -0.3 is 15.0 Å². The Morgan fingerprint density at radius 2 is 1.79 bits per heavy atom. The van der Waals surface area contributed by atoms with Crippen LogP contribution in [0.3, 0.4) is 0 Å². The van der Waals surface area contributed by atoms with Crippen molar-refractivity contribution in [3.05, 3.63) is 86.6 Å². The van der Waals surface area contributed by atoms with Gasteiger partial charge in [0.2, 0.25) is 5.91 Å². The summed E-state index contributed by atoms with van der Waals surface area (Å²) < 4.78 is 115. The molecular weight excluding hydrogens is 542 g/mol. The predicted octanol–water partition coefficient (Wildman–Crippen LogP) is 5.42. The van der Waals surface area contributed by atoms with Crippen molar-refractivity contribution >= 4 is 5.91 Å². The number of H-pyrrole nitrogens is 1. The maximum atomic E-state index is 15.3. The Kier molecular flexibility index (Phi) is 8.04. The van der Waals surface area contributed by atoms with Gasteiger partial charge in [-0.05, 0) is 25.0 Å². The van der Waals surface area contributed by atoms with E-state index >= 15 is 4.39 Å². The first-order chi connectivity index (χ1) is 18.3. The molecule has 0 radical (unpaired) electrons. The molecule has 1 heterocycles. The minimum Gasteiger partial charge on any atom is -0.373 e. The summed E-state index contributed by atoms with van der Waals surface area (Å²) in [5.41, 5.74) is -5.55. The molecule has 0 spiro atoms. The van der Waals surface area contributed by atoms with E-state index in [9.17, 15) is 40.3 Å². The average Bonchev–Trinajstić information content (AvgIpc) is 2.83. The highest BCUT2D eigenvalue weighted by molar-refractivity contribution is 5.79. The molecule has 4 rings (SSSR count). The quantitative estimate of drug-likeness (QED) is 0.360. The topological polar surface area (TPSA) is 84.1 Å². The van der Waals surface area contributed by atoms with Gasteiger partial charge in [-0.2, -0.15) is 13.2 Å². The van der Waals surface area contributed by atoms with Gasteiger partial charge in [0, 0.05) is 29.7 Å². The number of carbonyl (C=O) groups excluding carboxylic acids is 1. The smallest absolute Gasteiger partial charge is 0.373 e. The molecule has 2 aromatic carbocycles. The number of aromatic nitrogens is 2. The van der Waals surface area contributed by atoms with E-state index in [0.29, 0.717) is 12.1 Å². The second-order valence-corrected chi connectivity index (χ2v) is 8.81. The van der Waals surface area contributed by atoms with E-state index in [1.807, 2.05) is 4.98 Å². The van der Waals surface area contributed by atoms with Gasteiger partial charge >= 0.3 is 6.18 Å². The number of nitrogens with one attached hydrogen (secondary N) is 2. The molecule has 1 aromatic heterocycles. The van der Waals surface area contributed by atoms with Crippen LogP contribution in [0.25, 0.3) is 11.4 Å². The van der Waals surface area contributed by atoms with Gasteiger partial charge in [0.25, 0.3) is 12.0 Å². The minimum absolute atomic E-state index is 0.00593. The van der Waals surface area contributed by atoms with Crippen LogP contribution in [0.5, 0.6) is 0 Å². The summed E-state index contributed by atoms with van der Waals surface area (Å²) in [5.74, 6) is -5.74. The summed E-state index contributed by atoms with van der Waals surface area (Å²) in [6.45, 7) is -0.768. The summed E-state index contributed by atoms with van der Waals surface area (Å²) >= 11 is 0. The van der Waals surface area contributed by atoms with Gasteiger partial charge in [-0.15, -0.1) is 0 Å². The summed E-state index contributed by atoms with van der Waals surface area (Å²) in [5, 5.41) is 2.39. The van der Waals surface area contributed by atoms with Crippen molar-refractivity contribution in [3.63, 3.8) is 0 Å². The zero-order valence-electron chi connectivity index (χ0n) is 19.7. The zero-order chi connectivity index (χ0) is 28.5. The Labute approximate surface area is 215 Å². The van der Waals surface area contributed by atoms with Crippen LogP contribution in [-0.4, -0.2) is 22.0 Å². The van der Waals surface area contributed by atoms with Gasteiger partial charge in [0.1, 0.15) is 17.3 Å². The van der Waals surface area contributed by atoms with Crippen LogP contribution in [-0.2, 0) is 28.9 Å². The molecule has 1 aliphatic rings. The number of hydrogen-bond acceptors (Lipinski definition) is 4. The summed E-state index contributed by atoms with van der Waals surface area (Å²) in [6, 6.07) is 5.28. The van der Waals surface area contributed by atoms with Crippen molar-refractivity contribution in [2.24, 2.45) is 5.92 Å². The molecule has 6 nitrogen and oxygen atoms in total. The number of benzene rings is 2. The Balaban J connectivity index is 1.44. The molecule has 208 valence electrons. The number of nitrogens with zero attached hydrogens (tertiary/aromatic N) is 1. The van der Waals surface area contributed by atoms with Crippen LogP contribution >= 0.6 is 0 Å². The first-order valence-electron chi connectivity index (χ1n) is 11.5. The molecule has 3 aromatic rings. The minimum atomic E-state index is -5.12.